The molecule has 1 aromatic carbocycles. The van der Waals surface area contributed by atoms with Crippen LogP contribution in [-0.4, -0.2) is 35.5 Å². The van der Waals surface area contributed by atoms with Crippen molar-refractivity contribution in [3.8, 4) is 0 Å². The van der Waals surface area contributed by atoms with Gasteiger partial charge in [0, 0.05) is 19.3 Å². The monoisotopic (exact) mass is 383 g/mol. The summed E-state index contributed by atoms with van der Waals surface area (Å²) < 4.78 is 13.7. The van der Waals surface area contributed by atoms with Crippen molar-refractivity contribution in [2.75, 3.05) is 19.6 Å². The molecule has 1 aromatic heterocycles. The third-order valence-corrected chi connectivity index (χ3v) is 4.90. The van der Waals surface area contributed by atoms with Gasteiger partial charge in [-0.05, 0) is 56.1 Å². The predicted octanol–water partition coefficient (Wildman–Crippen LogP) is 3.46. The molecule has 1 aliphatic rings. The molecular weight excluding hydrogens is 353 g/mol. The van der Waals surface area contributed by atoms with Crippen molar-refractivity contribution in [2.45, 2.75) is 45.8 Å². The predicted molar refractivity (Wildman–Crippen MR) is 111 cm³/mol. The second-order valence-corrected chi connectivity index (χ2v) is 7.13. The number of benzene rings is 1. The molecule has 0 aliphatic carbocycles. The van der Waals surface area contributed by atoms with Crippen LogP contribution in [0.25, 0.3) is 0 Å². The molecular formula is C22H30FN5. The smallest absolute Gasteiger partial charge is 0.191 e. The van der Waals surface area contributed by atoms with E-state index >= 15 is 0 Å². The van der Waals surface area contributed by atoms with Crippen molar-refractivity contribution in [1.29, 1.82) is 0 Å². The number of nitrogens with one attached hydrogen (secondary N) is 2. The van der Waals surface area contributed by atoms with Crippen LogP contribution in [0.2, 0.25) is 0 Å². The molecule has 28 heavy (non-hydrogen) atoms. The van der Waals surface area contributed by atoms with Crippen LogP contribution in [0.15, 0.2) is 47.6 Å². The van der Waals surface area contributed by atoms with E-state index in [9.17, 15) is 4.39 Å². The SMILES string of the molecule is CCNC(=NCc1ccc(CN2CCCCC2)cc1)NCc1ncccc1F. The highest BCUT2D eigenvalue weighted by Gasteiger charge is 2.10. The Hall–Kier alpha value is -2.47. The minimum atomic E-state index is -0.310. The summed E-state index contributed by atoms with van der Waals surface area (Å²) in [6, 6.07) is 11.7. The standard InChI is InChI=1S/C22H30FN5/c1-2-24-22(27-16-21-20(23)7-6-12-25-21)26-15-18-8-10-19(11-9-18)17-28-13-4-3-5-14-28/h6-12H,2-5,13-17H2,1H3,(H2,24,26,27). The average molecular weight is 384 g/mol. The first-order valence-corrected chi connectivity index (χ1v) is 10.2. The number of aromatic nitrogens is 1. The van der Waals surface area contributed by atoms with Gasteiger partial charge in [-0.15, -0.1) is 0 Å². The van der Waals surface area contributed by atoms with E-state index in [-0.39, 0.29) is 5.82 Å². The lowest BCUT2D eigenvalue weighted by Crippen LogP contribution is -2.37. The second kappa shape index (κ2) is 10.8. The molecule has 2 aromatic rings. The Morgan fingerprint density at radius 2 is 1.82 bits per heavy atom. The zero-order chi connectivity index (χ0) is 19.6. The van der Waals surface area contributed by atoms with Crippen LogP contribution in [0.1, 0.15) is 43.0 Å². The highest BCUT2D eigenvalue weighted by molar-refractivity contribution is 5.79. The number of piperidine rings is 1. The van der Waals surface area contributed by atoms with E-state index < -0.39 is 0 Å². The fraction of sp³-hybridized carbons (Fsp3) is 0.455. The molecule has 1 saturated heterocycles. The Kier molecular flexibility index (Phi) is 7.79. The number of hydrogen-bond acceptors (Lipinski definition) is 3. The summed E-state index contributed by atoms with van der Waals surface area (Å²) in [6.45, 7) is 7.07. The molecule has 1 fully saturated rings. The summed E-state index contributed by atoms with van der Waals surface area (Å²) in [5, 5.41) is 6.33. The molecule has 0 amide bonds. The van der Waals surface area contributed by atoms with Crippen LogP contribution >= 0.6 is 0 Å². The maximum Gasteiger partial charge on any atom is 0.191 e. The van der Waals surface area contributed by atoms with Gasteiger partial charge in [0.25, 0.3) is 0 Å². The van der Waals surface area contributed by atoms with Gasteiger partial charge < -0.3 is 10.6 Å². The molecule has 0 atom stereocenters. The maximum absolute atomic E-state index is 13.7. The number of likely N-dealkylation sites (tertiary alicyclic amines) is 1. The van der Waals surface area contributed by atoms with Gasteiger partial charge in [0.15, 0.2) is 5.96 Å². The Morgan fingerprint density at radius 3 is 2.54 bits per heavy atom. The van der Waals surface area contributed by atoms with Gasteiger partial charge in [-0.3, -0.25) is 9.88 Å². The molecule has 0 saturated carbocycles. The highest BCUT2D eigenvalue weighted by atomic mass is 19.1. The van der Waals surface area contributed by atoms with E-state index in [1.54, 1.807) is 12.3 Å². The molecule has 5 nitrogen and oxygen atoms in total. The van der Waals surface area contributed by atoms with Gasteiger partial charge in [-0.1, -0.05) is 30.7 Å². The first kappa shape index (κ1) is 20.3. The first-order valence-electron chi connectivity index (χ1n) is 10.2. The summed E-state index contributed by atoms with van der Waals surface area (Å²) in [5.74, 6) is 0.347. The number of hydrogen-bond donors (Lipinski definition) is 2. The van der Waals surface area contributed by atoms with E-state index in [0.29, 0.717) is 24.7 Å². The highest BCUT2D eigenvalue weighted by Crippen LogP contribution is 2.14. The lowest BCUT2D eigenvalue weighted by atomic mass is 10.1. The van der Waals surface area contributed by atoms with Crippen molar-refractivity contribution >= 4 is 5.96 Å². The van der Waals surface area contributed by atoms with Crippen LogP contribution in [-0.2, 0) is 19.6 Å². The number of aliphatic imine (C=N–C) groups is 1. The Balaban J connectivity index is 1.54. The minimum Gasteiger partial charge on any atom is -0.357 e. The second-order valence-electron chi connectivity index (χ2n) is 7.13. The third-order valence-electron chi connectivity index (χ3n) is 4.90. The zero-order valence-electron chi connectivity index (χ0n) is 16.6. The van der Waals surface area contributed by atoms with Gasteiger partial charge in [-0.2, -0.15) is 0 Å². The van der Waals surface area contributed by atoms with E-state index in [4.69, 9.17) is 0 Å². The number of pyridine rings is 1. The van der Waals surface area contributed by atoms with Gasteiger partial charge in [0.2, 0.25) is 0 Å². The fourth-order valence-corrected chi connectivity index (χ4v) is 3.35. The van der Waals surface area contributed by atoms with E-state index in [2.05, 4.69) is 49.8 Å². The van der Waals surface area contributed by atoms with Crippen LogP contribution in [0.4, 0.5) is 4.39 Å². The molecule has 2 heterocycles. The first-order chi connectivity index (χ1) is 13.7. The van der Waals surface area contributed by atoms with Crippen LogP contribution in [0.3, 0.4) is 0 Å². The Bertz CT molecular complexity index is 754. The van der Waals surface area contributed by atoms with Crippen molar-refractivity contribution < 1.29 is 4.39 Å². The molecule has 0 bridgehead atoms. The quantitative estimate of drug-likeness (QED) is 0.568. The Morgan fingerprint density at radius 1 is 1.07 bits per heavy atom. The van der Waals surface area contributed by atoms with Gasteiger partial charge in [-0.25, -0.2) is 9.38 Å². The molecule has 1 aliphatic heterocycles. The van der Waals surface area contributed by atoms with E-state index in [1.807, 2.05) is 6.92 Å². The largest absolute Gasteiger partial charge is 0.357 e. The number of nitrogens with zero attached hydrogens (tertiary/aromatic N) is 3. The minimum absolute atomic E-state index is 0.299. The molecule has 2 N–H and O–H groups in total. The van der Waals surface area contributed by atoms with Gasteiger partial charge >= 0.3 is 0 Å². The molecule has 6 heteroatoms. The van der Waals surface area contributed by atoms with E-state index in [1.165, 1.54) is 44.0 Å². The molecule has 0 spiro atoms. The Labute approximate surface area is 167 Å². The summed E-state index contributed by atoms with van der Waals surface area (Å²) in [5.41, 5.74) is 2.89. The van der Waals surface area contributed by atoms with Crippen LogP contribution in [0, 0.1) is 5.82 Å². The van der Waals surface area contributed by atoms with Gasteiger partial charge in [0.1, 0.15) is 5.82 Å². The number of guanidine groups is 1. The molecule has 0 unspecified atom stereocenters. The van der Waals surface area contributed by atoms with Crippen LogP contribution in [0.5, 0.6) is 0 Å². The molecule has 0 radical (unpaired) electrons. The maximum atomic E-state index is 13.7. The number of rotatable bonds is 7. The molecule has 150 valence electrons. The summed E-state index contributed by atoms with van der Waals surface area (Å²) in [7, 11) is 0. The average Bonchev–Trinajstić information content (AvgIpc) is 2.73. The third kappa shape index (κ3) is 6.30. The van der Waals surface area contributed by atoms with Gasteiger partial charge in [0.05, 0.1) is 18.8 Å². The summed E-state index contributed by atoms with van der Waals surface area (Å²) >= 11 is 0. The van der Waals surface area contributed by atoms with Crippen molar-refractivity contribution in [3.05, 3.63) is 65.2 Å². The normalized spacial score (nSPS) is 15.4. The topological polar surface area (TPSA) is 52.6 Å². The van der Waals surface area contributed by atoms with Crippen molar-refractivity contribution in [3.63, 3.8) is 0 Å². The lowest BCUT2D eigenvalue weighted by Gasteiger charge is -2.26. The van der Waals surface area contributed by atoms with E-state index in [0.717, 1.165) is 18.7 Å². The van der Waals surface area contributed by atoms with Crippen molar-refractivity contribution in [2.24, 2.45) is 4.99 Å². The zero-order valence-corrected chi connectivity index (χ0v) is 16.6. The summed E-state index contributed by atoms with van der Waals surface area (Å²) in [6.07, 6.45) is 5.59. The molecule has 3 rings (SSSR count). The van der Waals surface area contributed by atoms with Crippen LogP contribution < -0.4 is 10.6 Å². The fourth-order valence-electron chi connectivity index (χ4n) is 3.35. The summed E-state index contributed by atoms with van der Waals surface area (Å²) in [4.78, 5) is 11.2. The lowest BCUT2D eigenvalue weighted by molar-refractivity contribution is 0.221. The number of halogens is 1. The van der Waals surface area contributed by atoms with Crippen molar-refractivity contribution in [1.82, 2.24) is 20.5 Å².